The lowest BCUT2D eigenvalue weighted by Gasteiger charge is -2.08. The highest BCUT2D eigenvalue weighted by Crippen LogP contribution is 2.19. The predicted octanol–water partition coefficient (Wildman–Crippen LogP) is 1.44. The summed E-state index contributed by atoms with van der Waals surface area (Å²) < 4.78 is 0. The van der Waals surface area contributed by atoms with Crippen molar-refractivity contribution in [3.05, 3.63) is 22.4 Å². The van der Waals surface area contributed by atoms with Gasteiger partial charge in [-0.05, 0) is 17.9 Å². The lowest BCUT2D eigenvalue weighted by molar-refractivity contribution is -0.123. The van der Waals surface area contributed by atoms with Crippen LogP contribution in [0.25, 0.3) is 0 Å². The molecule has 5 heteroatoms. The molecule has 1 aliphatic rings. The summed E-state index contributed by atoms with van der Waals surface area (Å²) >= 11 is 2.86. The minimum atomic E-state index is -0.262. The first-order valence-electron chi connectivity index (χ1n) is 4.74. The monoisotopic (exact) mass is 241 g/mol. The van der Waals surface area contributed by atoms with Crippen LogP contribution in [0.1, 0.15) is 11.3 Å². The molecule has 1 aliphatic heterocycles. The molecule has 1 atom stereocenters. The maximum absolute atomic E-state index is 11.5. The van der Waals surface area contributed by atoms with Crippen LogP contribution in [0.2, 0.25) is 0 Å². The van der Waals surface area contributed by atoms with Gasteiger partial charge in [-0.15, -0.1) is 11.3 Å². The van der Waals surface area contributed by atoms with Crippen molar-refractivity contribution in [1.29, 1.82) is 0 Å². The first-order valence-corrected chi connectivity index (χ1v) is 6.60. The van der Waals surface area contributed by atoms with E-state index in [-0.39, 0.29) is 17.1 Å². The lowest BCUT2D eigenvalue weighted by Crippen LogP contribution is -2.37. The van der Waals surface area contributed by atoms with Gasteiger partial charge in [0, 0.05) is 10.6 Å². The largest absolute Gasteiger partial charge is 0.345 e. The molecule has 0 saturated carbocycles. The zero-order valence-corrected chi connectivity index (χ0v) is 9.70. The van der Waals surface area contributed by atoms with E-state index in [9.17, 15) is 9.59 Å². The molecule has 0 spiro atoms. The smallest absolute Gasteiger partial charge is 0.225 e. The van der Waals surface area contributed by atoms with E-state index in [1.165, 1.54) is 11.8 Å². The van der Waals surface area contributed by atoms with Gasteiger partial charge in [-0.3, -0.25) is 9.59 Å². The van der Waals surface area contributed by atoms with E-state index in [4.69, 9.17) is 0 Å². The summed E-state index contributed by atoms with van der Waals surface area (Å²) in [6.07, 6.45) is 1.14. The molecule has 1 saturated heterocycles. The number of carbonyl (C=O) groups excluding carboxylic acids is 2. The first-order chi connectivity index (χ1) is 7.25. The summed E-state index contributed by atoms with van der Waals surface area (Å²) in [5.74, 6) is 0.765. The van der Waals surface area contributed by atoms with E-state index in [2.05, 4.69) is 5.32 Å². The third-order valence-electron chi connectivity index (χ3n) is 2.19. The van der Waals surface area contributed by atoms with Gasteiger partial charge in [-0.1, -0.05) is 17.8 Å². The Bertz CT molecular complexity index is 362. The molecule has 80 valence electrons. The fraction of sp³-hybridized carbons (Fsp3) is 0.400. The summed E-state index contributed by atoms with van der Waals surface area (Å²) in [5, 5.41) is 4.80. The zero-order chi connectivity index (χ0) is 10.7. The molecule has 1 N–H and O–H groups in total. The molecule has 0 radical (unpaired) electrons. The quantitative estimate of drug-likeness (QED) is 0.871. The zero-order valence-electron chi connectivity index (χ0n) is 8.06. The third kappa shape index (κ3) is 2.82. The van der Waals surface area contributed by atoms with Crippen molar-refractivity contribution in [3.8, 4) is 0 Å². The van der Waals surface area contributed by atoms with Crippen molar-refractivity contribution in [2.45, 2.75) is 18.9 Å². The second kappa shape index (κ2) is 4.81. The van der Waals surface area contributed by atoms with Gasteiger partial charge in [0.25, 0.3) is 0 Å². The van der Waals surface area contributed by atoms with E-state index in [0.717, 1.165) is 17.1 Å². The summed E-state index contributed by atoms with van der Waals surface area (Å²) in [5.41, 5.74) is 0. The summed E-state index contributed by atoms with van der Waals surface area (Å²) in [6.45, 7) is 0. The van der Waals surface area contributed by atoms with Gasteiger partial charge in [-0.25, -0.2) is 0 Å². The van der Waals surface area contributed by atoms with E-state index < -0.39 is 0 Å². The van der Waals surface area contributed by atoms with Crippen LogP contribution in [0, 0.1) is 0 Å². The number of hydrogen-bond acceptors (Lipinski definition) is 4. The van der Waals surface area contributed by atoms with Gasteiger partial charge in [0.15, 0.2) is 0 Å². The Morgan fingerprint density at radius 2 is 2.47 bits per heavy atom. The Labute approximate surface area is 96.3 Å². The number of thioether (sulfide) groups is 1. The molecule has 1 aromatic rings. The first kappa shape index (κ1) is 10.7. The topological polar surface area (TPSA) is 46.2 Å². The van der Waals surface area contributed by atoms with Gasteiger partial charge in [0.05, 0.1) is 12.5 Å². The minimum Gasteiger partial charge on any atom is -0.345 e. The Morgan fingerprint density at radius 1 is 1.60 bits per heavy atom. The van der Waals surface area contributed by atoms with E-state index in [0.29, 0.717) is 6.42 Å². The van der Waals surface area contributed by atoms with Crippen LogP contribution in [0.15, 0.2) is 17.5 Å². The highest BCUT2D eigenvalue weighted by molar-refractivity contribution is 8.14. The minimum absolute atomic E-state index is 0.0571. The Kier molecular flexibility index (Phi) is 3.43. The normalized spacial score (nSPS) is 20.5. The summed E-state index contributed by atoms with van der Waals surface area (Å²) in [4.78, 5) is 23.8. The molecule has 1 aromatic heterocycles. The van der Waals surface area contributed by atoms with Crippen LogP contribution in [0.3, 0.4) is 0 Å². The number of rotatable bonds is 3. The van der Waals surface area contributed by atoms with Gasteiger partial charge >= 0.3 is 0 Å². The maximum atomic E-state index is 11.5. The molecule has 2 rings (SSSR count). The van der Waals surface area contributed by atoms with Crippen molar-refractivity contribution >= 4 is 34.1 Å². The van der Waals surface area contributed by atoms with Crippen LogP contribution < -0.4 is 5.32 Å². The predicted molar refractivity (Wildman–Crippen MR) is 62.0 cm³/mol. The van der Waals surface area contributed by atoms with Gasteiger partial charge < -0.3 is 5.32 Å². The van der Waals surface area contributed by atoms with Crippen molar-refractivity contribution in [2.75, 3.05) is 5.75 Å². The van der Waals surface area contributed by atoms with Crippen LogP contribution >= 0.6 is 23.1 Å². The second-order valence-corrected chi connectivity index (χ2v) is 5.46. The van der Waals surface area contributed by atoms with E-state index in [1.807, 2.05) is 17.5 Å². The molecule has 1 fully saturated rings. The van der Waals surface area contributed by atoms with Crippen molar-refractivity contribution in [3.63, 3.8) is 0 Å². The van der Waals surface area contributed by atoms with Gasteiger partial charge in [0.1, 0.15) is 0 Å². The van der Waals surface area contributed by atoms with Crippen molar-refractivity contribution in [1.82, 2.24) is 5.32 Å². The number of thiophene rings is 1. The van der Waals surface area contributed by atoms with Gasteiger partial charge in [-0.2, -0.15) is 0 Å². The van der Waals surface area contributed by atoms with Gasteiger partial charge in [0.2, 0.25) is 11.0 Å². The molecule has 3 nitrogen and oxygen atoms in total. The number of nitrogens with one attached hydrogen (secondary N) is 1. The molecule has 2 heterocycles. The second-order valence-electron chi connectivity index (χ2n) is 3.33. The Balaban J connectivity index is 1.84. The average molecular weight is 241 g/mol. The van der Waals surface area contributed by atoms with E-state index >= 15 is 0 Å². The van der Waals surface area contributed by atoms with Crippen LogP contribution in [0.4, 0.5) is 0 Å². The van der Waals surface area contributed by atoms with Crippen LogP contribution in [-0.2, 0) is 16.0 Å². The Morgan fingerprint density at radius 3 is 3.07 bits per heavy atom. The lowest BCUT2D eigenvalue weighted by atomic mass is 10.2. The molecule has 15 heavy (non-hydrogen) atoms. The summed E-state index contributed by atoms with van der Waals surface area (Å²) in [6, 6.07) is 3.58. The molecule has 1 amide bonds. The molecule has 0 unspecified atom stereocenters. The number of carbonyl (C=O) groups is 2. The Hall–Kier alpha value is -0.810. The molecule has 0 aliphatic carbocycles. The molecule has 0 aromatic carbocycles. The number of hydrogen-bond donors (Lipinski definition) is 1. The third-order valence-corrected chi connectivity index (χ3v) is 4.07. The SMILES string of the molecule is O=C(Cc1cccs1)N[C@H]1CCSC1=O. The molecule has 0 bridgehead atoms. The highest BCUT2D eigenvalue weighted by atomic mass is 32.2. The van der Waals surface area contributed by atoms with Crippen molar-refractivity contribution < 1.29 is 9.59 Å². The standard InChI is InChI=1S/C10H11NO2S2/c12-9(6-7-2-1-4-14-7)11-8-3-5-15-10(8)13/h1-2,4,8H,3,5-6H2,(H,11,12)/t8-/m0/s1. The summed E-state index contributed by atoms with van der Waals surface area (Å²) in [7, 11) is 0. The van der Waals surface area contributed by atoms with Crippen LogP contribution in [-0.4, -0.2) is 22.8 Å². The van der Waals surface area contributed by atoms with Crippen LogP contribution in [0.5, 0.6) is 0 Å². The fourth-order valence-corrected chi connectivity index (χ4v) is 3.08. The molecular formula is C10H11NO2S2. The highest BCUT2D eigenvalue weighted by Gasteiger charge is 2.26. The average Bonchev–Trinajstić information content (AvgIpc) is 2.79. The maximum Gasteiger partial charge on any atom is 0.225 e. The number of amides is 1. The van der Waals surface area contributed by atoms with E-state index in [1.54, 1.807) is 11.3 Å². The molecular weight excluding hydrogens is 230 g/mol. The fourth-order valence-electron chi connectivity index (χ4n) is 1.44. The van der Waals surface area contributed by atoms with Crippen molar-refractivity contribution in [2.24, 2.45) is 0 Å².